The molecule has 1 aliphatic carbocycles. The number of dihydropyridines is 1. The summed E-state index contributed by atoms with van der Waals surface area (Å²) in [6.45, 7) is 0. The summed E-state index contributed by atoms with van der Waals surface area (Å²) in [5.74, 6) is 6.83. The van der Waals surface area contributed by atoms with E-state index in [0.717, 1.165) is 47.4 Å². The van der Waals surface area contributed by atoms with E-state index in [-0.39, 0.29) is 17.5 Å². The number of benzene rings is 2. The zero-order chi connectivity index (χ0) is 19.8. The van der Waals surface area contributed by atoms with Crippen molar-refractivity contribution in [1.29, 1.82) is 0 Å². The Balaban J connectivity index is 1.59. The molecule has 2 aliphatic heterocycles. The normalized spacial score (nSPS) is 20.6. The van der Waals surface area contributed by atoms with Crippen molar-refractivity contribution in [3.8, 4) is 11.8 Å². The predicted octanol–water partition coefficient (Wildman–Crippen LogP) is 5.27. The number of Topliss-reactive ketones (excluding diaryl/α,β-unsaturated/α-hetero) is 1. The van der Waals surface area contributed by atoms with Crippen molar-refractivity contribution in [2.45, 2.75) is 31.6 Å². The molecule has 2 aromatic rings. The van der Waals surface area contributed by atoms with E-state index in [9.17, 15) is 9.18 Å². The lowest BCUT2D eigenvalue weighted by molar-refractivity contribution is -0.116. The molecule has 3 aliphatic rings. The molecule has 0 radical (unpaired) electrons. The van der Waals surface area contributed by atoms with Gasteiger partial charge < -0.3 is 5.32 Å². The molecular weight excluding hydrogens is 381 g/mol. The maximum absolute atomic E-state index is 14.5. The molecule has 1 atom stereocenters. The zero-order valence-electron chi connectivity index (χ0n) is 15.9. The molecule has 1 unspecified atom stereocenters. The molecule has 0 aromatic heterocycles. The van der Waals surface area contributed by atoms with Gasteiger partial charge in [-0.1, -0.05) is 36.1 Å². The van der Waals surface area contributed by atoms with Crippen LogP contribution in [0.15, 0.2) is 70.4 Å². The van der Waals surface area contributed by atoms with E-state index in [0.29, 0.717) is 12.0 Å². The highest BCUT2D eigenvalue weighted by molar-refractivity contribution is 8.03. The van der Waals surface area contributed by atoms with Gasteiger partial charge in [0.25, 0.3) is 0 Å². The fraction of sp³-hybridized carbons (Fsp3) is 0.240. The first kappa shape index (κ1) is 18.3. The highest BCUT2D eigenvalue weighted by Gasteiger charge is 2.38. The standard InChI is InChI=1S/C25H20FNOS/c26-19-12-11-18(15-17(19)10-9-16-5-2-1-3-6-16)23-24-20(7-4-8-22(24)28)27-21-13-14-29-25(21)23/h1-3,5-6,11-12,15,23,27H,4,7-8,13-14H2. The topological polar surface area (TPSA) is 29.1 Å². The van der Waals surface area contributed by atoms with Crippen molar-refractivity contribution in [2.75, 3.05) is 5.75 Å². The number of thioether (sulfide) groups is 1. The summed E-state index contributed by atoms with van der Waals surface area (Å²) >= 11 is 1.81. The number of ketones is 1. The fourth-order valence-corrected chi connectivity index (χ4v) is 5.57. The second kappa shape index (κ2) is 7.57. The summed E-state index contributed by atoms with van der Waals surface area (Å²) in [5, 5.41) is 3.54. The molecule has 0 amide bonds. The molecule has 0 saturated carbocycles. The van der Waals surface area contributed by atoms with Crippen LogP contribution in [-0.2, 0) is 4.79 Å². The number of halogens is 1. The van der Waals surface area contributed by atoms with E-state index >= 15 is 0 Å². The molecule has 0 fully saturated rings. The third kappa shape index (κ3) is 3.41. The van der Waals surface area contributed by atoms with Crippen LogP contribution in [0.1, 0.15) is 48.3 Å². The number of allylic oxidation sites excluding steroid dienone is 4. The molecule has 29 heavy (non-hydrogen) atoms. The van der Waals surface area contributed by atoms with E-state index in [1.807, 2.05) is 54.2 Å². The van der Waals surface area contributed by atoms with Gasteiger partial charge in [0.05, 0.1) is 5.56 Å². The van der Waals surface area contributed by atoms with Gasteiger partial charge >= 0.3 is 0 Å². The van der Waals surface area contributed by atoms with E-state index in [1.165, 1.54) is 16.7 Å². The Bertz CT molecular complexity index is 1120. The first-order valence-electron chi connectivity index (χ1n) is 9.96. The minimum atomic E-state index is -0.330. The van der Waals surface area contributed by atoms with Gasteiger partial charge in [-0.05, 0) is 49.1 Å². The summed E-state index contributed by atoms with van der Waals surface area (Å²) in [4.78, 5) is 14.0. The van der Waals surface area contributed by atoms with Crippen LogP contribution in [0.4, 0.5) is 4.39 Å². The molecular formula is C25H20FNOS. The summed E-state index contributed by atoms with van der Waals surface area (Å²) in [6.07, 6.45) is 3.38. The summed E-state index contributed by atoms with van der Waals surface area (Å²) < 4.78 is 14.5. The van der Waals surface area contributed by atoms with Gasteiger partial charge in [-0.25, -0.2) is 4.39 Å². The van der Waals surface area contributed by atoms with Crippen LogP contribution < -0.4 is 5.32 Å². The third-order valence-electron chi connectivity index (χ3n) is 5.65. The van der Waals surface area contributed by atoms with Crippen LogP contribution in [0.5, 0.6) is 0 Å². The van der Waals surface area contributed by atoms with Crippen molar-refractivity contribution in [1.82, 2.24) is 5.32 Å². The molecule has 4 heteroatoms. The largest absolute Gasteiger partial charge is 0.361 e. The molecule has 0 spiro atoms. The fourth-order valence-electron chi connectivity index (χ4n) is 4.29. The lowest BCUT2D eigenvalue weighted by Gasteiger charge is -2.33. The monoisotopic (exact) mass is 401 g/mol. The summed E-state index contributed by atoms with van der Waals surface area (Å²) in [5.41, 5.74) is 5.35. The highest BCUT2D eigenvalue weighted by atomic mass is 32.2. The maximum atomic E-state index is 14.5. The number of rotatable bonds is 1. The minimum absolute atomic E-state index is 0.0978. The predicted molar refractivity (Wildman–Crippen MR) is 115 cm³/mol. The number of carbonyl (C=O) groups excluding carboxylic acids is 1. The van der Waals surface area contributed by atoms with E-state index in [1.54, 1.807) is 0 Å². The van der Waals surface area contributed by atoms with Gasteiger partial charge in [0.15, 0.2) is 5.78 Å². The molecule has 2 aromatic carbocycles. The molecule has 1 N–H and O–H groups in total. The average molecular weight is 402 g/mol. The lowest BCUT2D eigenvalue weighted by atomic mass is 9.79. The number of nitrogens with one attached hydrogen (secondary N) is 1. The van der Waals surface area contributed by atoms with Gasteiger partial charge in [-0.2, -0.15) is 0 Å². The molecule has 5 rings (SSSR count). The van der Waals surface area contributed by atoms with Crippen molar-refractivity contribution in [3.63, 3.8) is 0 Å². The Labute approximate surface area is 174 Å². The number of carbonyl (C=O) groups is 1. The second-order valence-corrected chi connectivity index (χ2v) is 8.66. The third-order valence-corrected chi connectivity index (χ3v) is 6.86. The number of hydrogen-bond acceptors (Lipinski definition) is 3. The lowest BCUT2D eigenvalue weighted by Crippen LogP contribution is -2.30. The second-order valence-electron chi connectivity index (χ2n) is 7.52. The van der Waals surface area contributed by atoms with E-state index < -0.39 is 0 Å². The van der Waals surface area contributed by atoms with Crippen molar-refractivity contribution < 1.29 is 9.18 Å². The Morgan fingerprint density at radius 2 is 1.86 bits per heavy atom. The SMILES string of the molecule is O=C1CCCC2=C1C(c1ccc(F)c(C#Cc3ccccc3)c1)C1=C(CCS1)N2. The zero-order valence-corrected chi connectivity index (χ0v) is 16.7. The van der Waals surface area contributed by atoms with Crippen LogP contribution in [0.3, 0.4) is 0 Å². The number of hydrogen-bond donors (Lipinski definition) is 1. The Kier molecular flexibility index (Phi) is 4.77. The summed E-state index contributed by atoms with van der Waals surface area (Å²) in [6, 6.07) is 14.7. The average Bonchev–Trinajstić information content (AvgIpc) is 3.21. The van der Waals surface area contributed by atoms with Crippen LogP contribution >= 0.6 is 11.8 Å². The van der Waals surface area contributed by atoms with Gasteiger partial charge in [0, 0.05) is 45.5 Å². The quantitative estimate of drug-likeness (QED) is 0.660. The van der Waals surface area contributed by atoms with Gasteiger partial charge in [-0.15, -0.1) is 11.8 Å². The van der Waals surface area contributed by atoms with Crippen molar-refractivity contribution in [2.24, 2.45) is 0 Å². The smallest absolute Gasteiger partial charge is 0.161 e. The van der Waals surface area contributed by atoms with Crippen LogP contribution in [0.2, 0.25) is 0 Å². The minimum Gasteiger partial charge on any atom is -0.361 e. The van der Waals surface area contributed by atoms with Gasteiger partial charge in [0.1, 0.15) is 5.82 Å². The molecule has 0 bridgehead atoms. The Morgan fingerprint density at radius 3 is 2.72 bits per heavy atom. The first-order valence-corrected chi connectivity index (χ1v) is 10.9. The van der Waals surface area contributed by atoms with E-state index in [2.05, 4.69) is 17.2 Å². The molecule has 0 saturated heterocycles. The molecule has 2 heterocycles. The highest BCUT2D eigenvalue weighted by Crippen LogP contribution is 2.50. The summed E-state index contributed by atoms with van der Waals surface area (Å²) in [7, 11) is 0. The van der Waals surface area contributed by atoms with Crippen LogP contribution in [0, 0.1) is 17.7 Å². The van der Waals surface area contributed by atoms with Gasteiger partial charge in [0.2, 0.25) is 0 Å². The van der Waals surface area contributed by atoms with Crippen LogP contribution in [0.25, 0.3) is 0 Å². The van der Waals surface area contributed by atoms with Crippen molar-refractivity contribution in [3.05, 3.63) is 92.9 Å². The van der Waals surface area contributed by atoms with E-state index in [4.69, 9.17) is 0 Å². The first-order chi connectivity index (χ1) is 14.2. The Morgan fingerprint density at radius 1 is 1.00 bits per heavy atom. The van der Waals surface area contributed by atoms with Crippen LogP contribution in [-0.4, -0.2) is 11.5 Å². The van der Waals surface area contributed by atoms with Crippen molar-refractivity contribution >= 4 is 17.5 Å². The Hall–Kier alpha value is -2.77. The maximum Gasteiger partial charge on any atom is 0.161 e. The van der Waals surface area contributed by atoms with Gasteiger partial charge in [-0.3, -0.25) is 4.79 Å². The molecule has 144 valence electrons. The molecule has 2 nitrogen and oxygen atoms in total.